The fourth-order valence-electron chi connectivity index (χ4n) is 3.92. The number of rotatable bonds is 4. The van der Waals surface area contributed by atoms with Crippen molar-refractivity contribution in [2.75, 3.05) is 6.54 Å². The van der Waals surface area contributed by atoms with E-state index in [0.29, 0.717) is 6.04 Å². The van der Waals surface area contributed by atoms with Crippen molar-refractivity contribution in [1.82, 2.24) is 19.6 Å². The Labute approximate surface area is 142 Å². The highest BCUT2D eigenvalue weighted by molar-refractivity contribution is 5.76. The van der Waals surface area contributed by atoms with Gasteiger partial charge in [0.2, 0.25) is 0 Å². The number of aromatic nitrogens is 3. The minimum Gasteiger partial charge on any atom is -0.361 e. The van der Waals surface area contributed by atoms with E-state index >= 15 is 0 Å². The lowest BCUT2D eigenvalue weighted by Crippen LogP contribution is -2.25. The van der Waals surface area contributed by atoms with Gasteiger partial charge in [-0.2, -0.15) is 0 Å². The van der Waals surface area contributed by atoms with Crippen molar-refractivity contribution < 1.29 is 4.52 Å². The number of hydrogen-bond donors (Lipinski definition) is 0. The molecule has 126 valence electrons. The van der Waals surface area contributed by atoms with E-state index < -0.39 is 0 Å². The van der Waals surface area contributed by atoms with Gasteiger partial charge in [0.25, 0.3) is 0 Å². The molecule has 1 atom stereocenters. The Bertz CT molecular complexity index is 844. The van der Waals surface area contributed by atoms with Crippen LogP contribution in [0.15, 0.2) is 28.8 Å². The summed E-state index contributed by atoms with van der Waals surface area (Å²) in [5.74, 6) is 2.13. The topological polar surface area (TPSA) is 47.1 Å². The van der Waals surface area contributed by atoms with Crippen LogP contribution in [0, 0.1) is 13.8 Å². The summed E-state index contributed by atoms with van der Waals surface area (Å²) in [7, 11) is 0. The highest BCUT2D eigenvalue weighted by atomic mass is 16.5. The molecule has 1 fully saturated rings. The molecule has 3 aromatic rings. The Kier molecular flexibility index (Phi) is 3.88. The molecule has 5 heteroatoms. The first-order chi connectivity index (χ1) is 11.7. The molecule has 1 aliphatic heterocycles. The quantitative estimate of drug-likeness (QED) is 0.728. The molecule has 0 aliphatic carbocycles. The third-order valence-corrected chi connectivity index (χ3v) is 5.20. The van der Waals surface area contributed by atoms with Crippen LogP contribution in [0.4, 0.5) is 0 Å². The van der Waals surface area contributed by atoms with Gasteiger partial charge in [-0.3, -0.25) is 4.90 Å². The number of imidazole rings is 1. The molecule has 2 aromatic heterocycles. The van der Waals surface area contributed by atoms with Crippen molar-refractivity contribution in [3.8, 4) is 0 Å². The molecule has 5 nitrogen and oxygen atoms in total. The van der Waals surface area contributed by atoms with Crippen molar-refractivity contribution >= 4 is 11.0 Å². The van der Waals surface area contributed by atoms with Gasteiger partial charge in [0.15, 0.2) is 0 Å². The fraction of sp³-hybridized carbons (Fsp3) is 0.474. The van der Waals surface area contributed by atoms with Gasteiger partial charge < -0.3 is 9.09 Å². The summed E-state index contributed by atoms with van der Waals surface area (Å²) >= 11 is 0. The molecule has 1 aromatic carbocycles. The summed E-state index contributed by atoms with van der Waals surface area (Å²) in [6.45, 7) is 9.16. The van der Waals surface area contributed by atoms with Crippen molar-refractivity contribution in [2.45, 2.75) is 52.7 Å². The van der Waals surface area contributed by atoms with E-state index in [-0.39, 0.29) is 0 Å². The molecule has 0 radical (unpaired) electrons. The van der Waals surface area contributed by atoms with Crippen LogP contribution in [0.2, 0.25) is 0 Å². The van der Waals surface area contributed by atoms with E-state index in [0.717, 1.165) is 43.0 Å². The Morgan fingerprint density at radius 2 is 2.08 bits per heavy atom. The standard InChI is InChI=1S/C19H24N4O/c1-4-23-17-9-6-5-8-16(17)20-19(23)18-10-7-11-22(18)12-15-13(2)21-24-14(15)3/h5-6,8-9,18H,4,7,10-12H2,1-3H3/t18-/m1/s1. The van der Waals surface area contributed by atoms with E-state index in [1.165, 1.54) is 23.3 Å². The van der Waals surface area contributed by atoms with Gasteiger partial charge in [0.05, 0.1) is 22.8 Å². The van der Waals surface area contributed by atoms with Crippen molar-refractivity contribution in [3.05, 3.63) is 47.1 Å². The van der Waals surface area contributed by atoms with Crippen molar-refractivity contribution in [1.29, 1.82) is 0 Å². The number of nitrogens with zero attached hydrogens (tertiary/aromatic N) is 4. The molecular weight excluding hydrogens is 300 g/mol. The monoisotopic (exact) mass is 324 g/mol. The second-order valence-corrected chi connectivity index (χ2v) is 6.63. The molecule has 4 rings (SSSR count). The Morgan fingerprint density at radius 3 is 2.83 bits per heavy atom. The van der Waals surface area contributed by atoms with Crippen molar-refractivity contribution in [3.63, 3.8) is 0 Å². The molecular formula is C19H24N4O. The highest BCUT2D eigenvalue weighted by Gasteiger charge is 2.31. The Balaban J connectivity index is 1.70. The van der Waals surface area contributed by atoms with Crippen LogP contribution in [0.5, 0.6) is 0 Å². The number of benzene rings is 1. The third kappa shape index (κ3) is 2.44. The number of fused-ring (bicyclic) bond motifs is 1. The van der Waals surface area contributed by atoms with Crippen LogP contribution in [-0.2, 0) is 13.1 Å². The van der Waals surface area contributed by atoms with Crippen LogP contribution < -0.4 is 0 Å². The molecule has 0 spiro atoms. The van der Waals surface area contributed by atoms with Gasteiger partial charge in [-0.1, -0.05) is 17.3 Å². The van der Waals surface area contributed by atoms with E-state index in [9.17, 15) is 0 Å². The number of aryl methyl sites for hydroxylation is 3. The van der Waals surface area contributed by atoms with Gasteiger partial charge >= 0.3 is 0 Å². The van der Waals surface area contributed by atoms with Gasteiger partial charge in [0, 0.05) is 18.7 Å². The zero-order valence-corrected chi connectivity index (χ0v) is 14.6. The second kappa shape index (κ2) is 6.06. The zero-order chi connectivity index (χ0) is 16.7. The summed E-state index contributed by atoms with van der Waals surface area (Å²) in [4.78, 5) is 7.50. The van der Waals surface area contributed by atoms with Gasteiger partial charge in [-0.05, 0) is 52.3 Å². The average Bonchev–Trinajstić information content (AvgIpc) is 3.27. The number of para-hydroxylation sites is 2. The maximum atomic E-state index is 5.34. The summed E-state index contributed by atoms with van der Waals surface area (Å²) in [6.07, 6.45) is 2.37. The minimum atomic E-state index is 0.367. The van der Waals surface area contributed by atoms with Gasteiger partial charge in [-0.15, -0.1) is 0 Å². The van der Waals surface area contributed by atoms with E-state index in [1.807, 2.05) is 13.8 Å². The van der Waals surface area contributed by atoms with E-state index in [2.05, 4.69) is 45.8 Å². The fourth-order valence-corrected chi connectivity index (χ4v) is 3.92. The number of likely N-dealkylation sites (tertiary alicyclic amines) is 1. The first-order valence-electron chi connectivity index (χ1n) is 8.80. The molecule has 3 heterocycles. The average molecular weight is 324 g/mol. The molecule has 0 N–H and O–H groups in total. The largest absolute Gasteiger partial charge is 0.361 e. The highest BCUT2D eigenvalue weighted by Crippen LogP contribution is 2.35. The van der Waals surface area contributed by atoms with Crippen molar-refractivity contribution in [2.24, 2.45) is 0 Å². The Morgan fingerprint density at radius 1 is 1.25 bits per heavy atom. The lowest BCUT2D eigenvalue weighted by molar-refractivity contribution is 0.234. The minimum absolute atomic E-state index is 0.367. The third-order valence-electron chi connectivity index (χ3n) is 5.20. The van der Waals surface area contributed by atoms with Crippen LogP contribution in [0.3, 0.4) is 0 Å². The molecule has 0 amide bonds. The zero-order valence-electron chi connectivity index (χ0n) is 14.6. The molecule has 0 saturated carbocycles. The first kappa shape index (κ1) is 15.4. The lowest BCUT2D eigenvalue weighted by atomic mass is 10.1. The summed E-state index contributed by atoms with van der Waals surface area (Å²) < 4.78 is 7.71. The molecule has 1 saturated heterocycles. The van der Waals surface area contributed by atoms with Crippen LogP contribution >= 0.6 is 0 Å². The SMILES string of the molecule is CCn1c([C@H]2CCCN2Cc2c(C)noc2C)nc2ccccc21. The van der Waals surface area contributed by atoms with Gasteiger partial charge in [0.1, 0.15) is 11.6 Å². The summed E-state index contributed by atoms with van der Waals surface area (Å²) in [5.41, 5.74) is 4.56. The molecule has 0 unspecified atom stereocenters. The van der Waals surface area contributed by atoms with Crippen LogP contribution in [-0.4, -0.2) is 26.2 Å². The Hall–Kier alpha value is -2.14. The van der Waals surface area contributed by atoms with Crippen LogP contribution in [0.1, 0.15) is 48.6 Å². The van der Waals surface area contributed by atoms with Crippen LogP contribution in [0.25, 0.3) is 11.0 Å². The predicted molar refractivity (Wildman–Crippen MR) is 93.8 cm³/mol. The summed E-state index contributed by atoms with van der Waals surface area (Å²) in [5, 5.41) is 4.10. The predicted octanol–water partition coefficient (Wildman–Crippen LogP) is 4.00. The van der Waals surface area contributed by atoms with Gasteiger partial charge in [-0.25, -0.2) is 4.98 Å². The molecule has 0 bridgehead atoms. The molecule has 1 aliphatic rings. The lowest BCUT2D eigenvalue weighted by Gasteiger charge is -2.24. The number of hydrogen-bond acceptors (Lipinski definition) is 4. The maximum Gasteiger partial charge on any atom is 0.138 e. The van der Waals surface area contributed by atoms with E-state index in [4.69, 9.17) is 9.51 Å². The first-order valence-corrected chi connectivity index (χ1v) is 8.80. The van der Waals surface area contributed by atoms with E-state index in [1.54, 1.807) is 0 Å². The second-order valence-electron chi connectivity index (χ2n) is 6.63. The normalized spacial score (nSPS) is 18.7. The molecule has 24 heavy (non-hydrogen) atoms. The summed E-state index contributed by atoms with van der Waals surface area (Å²) in [6, 6.07) is 8.80. The maximum absolute atomic E-state index is 5.34. The smallest absolute Gasteiger partial charge is 0.138 e.